The molecule has 1 heterocycles. The number of hydrogen-bond acceptors (Lipinski definition) is 4. The minimum atomic E-state index is -0.358. The lowest BCUT2D eigenvalue weighted by Crippen LogP contribution is -2.41. The molecule has 5 nitrogen and oxygen atoms in total. The van der Waals surface area contributed by atoms with Gasteiger partial charge in [-0.3, -0.25) is 4.79 Å². The lowest BCUT2D eigenvalue weighted by atomic mass is 10.1. The average Bonchev–Trinajstić information content (AvgIpc) is 2.48. The number of nitrogens with zero attached hydrogens (tertiary/aromatic N) is 2. The predicted octanol–water partition coefficient (Wildman–Crippen LogP) is 1.55. The van der Waals surface area contributed by atoms with Gasteiger partial charge < -0.3 is 15.5 Å². The number of nitriles is 1. The van der Waals surface area contributed by atoms with Crippen molar-refractivity contribution >= 4 is 11.6 Å². The summed E-state index contributed by atoms with van der Waals surface area (Å²) in [5.41, 5.74) is 3.01. The van der Waals surface area contributed by atoms with Crippen molar-refractivity contribution in [1.29, 1.82) is 5.26 Å². The molecule has 110 valence electrons. The fourth-order valence-electron chi connectivity index (χ4n) is 2.28. The van der Waals surface area contributed by atoms with E-state index >= 15 is 0 Å². The third-order valence-electron chi connectivity index (χ3n) is 3.46. The zero-order valence-electron chi connectivity index (χ0n) is 12.4. The van der Waals surface area contributed by atoms with E-state index in [0.29, 0.717) is 0 Å². The number of hydrogen-bond donors (Lipinski definition) is 2. The molecule has 0 spiro atoms. The second-order valence-corrected chi connectivity index (χ2v) is 5.21. The van der Waals surface area contributed by atoms with Crippen LogP contribution in [0.15, 0.2) is 30.0 Å². The van der Waals surface area contributed by atoms with Crippen LogP contribution in [0.25, 0.3) is 0 Å². The number of anilines is 1. The Labute approximate surface area is 125 Å². The van der Waals surface area contributed by atoms with Crippen LogP contribution in [0.2, 0.25) is 0 Å². The van der Waals surface area contributed by atoms with Crippen molar-refractivity contribution in [3.8, 4) is 6.07 Å². The smallest absolute Gasteiger partial charge is 0.267 e. The van der Waals surface area contributed by atoms with E-state index in [1.54, 1.807) is 6.20 Å². The Hall–Kier alpha value is -2.32. The molecule has 0 aliphatic carbocycles. The van der Waals surface area contributed by atoms with Gasteiger partial charge in [0, 0.05) is 38.1 Å². The molecule has 0 bridgehead atoms. The topological polar surface area (TPSA) is 68.2 Å². The minimum Gasteiger partial charge on any atom is -0.374 e. The summed E-state index contributed by atoms with van der Waals surface area (Å²) in [5, 5.41) is 15.2. The molecule has 21 heavy (non-hydrogen) atoms. The third-order valence-corrected chi connectivity index (χ3v) is 3.46. The maximum atomic E-state index is 12.2. The molecule has 1 aromatic rings. The Morgan fingerprint density at radius 1 is 1.38 bits per heavy atom. The van der Waals surface area contributed by atoms with Gasteiger partial charge in [0.1, 0.15) is 11.6 Å². The van der Waals surface area contributed by atoms with Gasteiger partial charge in [-0.25, -0.2) is 0 Å². The third kappa shape index (κ3) is 4.07. The van der Waals surface area contributed by atoms with Crippen molar-refractivity contribution in [2.75, 3.05) is 31.5 Å². The summed E-state index contributed by atoms with van der Waals surface area (Å²) in [6.07, 6.45) is 1.65. The summed E-state index contributed by atoms with van der Waals surface area (Å²) >= 11 is 0. The number of benzene rings is 1. The Kier molecular flexibility index (Phi) is 4.96. The fraction of sp³-hybridized carbons (Fsp3) is 0.375. The van der Waals surface area contributed by atoms with Crippen molar-refractivity contribution < 1.29 is 4.79 Å². The Bertz CT molecular complexity index is 595. The molecule has 1 aliphatic rings. The monoisotopic (exact) mass is 284 g/mol. The average molecular weight is 284 g/mol. The van der Waals surface area contributed by atoms with Crippen LogP contribution in [0.4, 0.5) is 5.69 Å². The first-order valence-electron chi connectivity index (χ1n) is 7.05. The number of carbonyl (C=O) groups is 1. The second-order valence-electron chi connectivity index (χ2n) is 5.21. The van der Waals surface area contributed by atoms with Crippen LogP contribution < -0.4 is 10.6 Å². The van der Waals surface area contributed by atoms with Gasteiger partial charge in [0.05, 0.1) is 0 Å². The fourth-order valence-corrected chi connectivity index (χ4v) is 2.28. The minimum absolute atomic E-state index is 0.136. The molecular formula is C16H20N4O. The second kappa shape index (κ2) is 6.91. The molecule has 2 rings (SSSR count). The first kappa shape index (κ1) is 15.1. The van der Waals surface area contributed by atoms with E-state index in [1.165, 1.54) is 0 Å². The van der Waals surface area contributed by atoms with Gasteiger partial charge in [0.2, 0.25) is 0 Å². The summed E-state index contributed by atoms with van der Waals surface area (Å²) in [6, 6.07) is 7.79. The first-order chi connectivity index (χ1) is 10.1. The van der Waals surface area contributed by atoms with Crippen LogP contribution in [0.1, 0.15) is 11.1 Å². The van der Waals surface area contributed by atoms with Gasteiger partial charge >= 0.3 is 0 Å². The normalized spacial score (nSPS) is 15.5. The van der Waals surface area contributed by atoms with Gasteiger partial charge in [0.15, 0.2) is 0 Å². The summed E-state index contributed by atoms with van der Waals surface area (Å²) in [6.45, 7) is 7.30. The van der Waals surface area contributed by atoms with Gasteiger partial charge in [0.25, 0.3) is 5.91 Å². The number of rotatable bonds is 3. The van der Waals surface area contributed by atoms with Crippen LogP contribution in [-0.4, -0.2) is 37.0 Å². The number of amides is 1. The highest BCUT2D eigenvalue weighted by Gasteiger charge is 2.14. The molecule has 1 amide bonds. The van der Waals surface area contributed by atoms with Gasteiger partial charge in [-0.05, 0) is 25.5 Å². The molecule has 0 unspecified atom stereocenters. The molecule has 5 heteroatoms. The maximum Gasteiger partial charge on any atom is 0.267 e. The summed E-state index contributed by atoms with van der Waals surface area (Å²) in [5.74, 6) is -0.358. The Balaban J connectivity index is 2.09. The molecule has 1 aliphatic heterocycles. The van der Waals surface area contributed by atoms with Crippen molar-refractivity contribution in [2.45, 2.75) is 13.8 Å². The van der Waals surface area contributed by atoms with E-state index in [2.05, 4.69) is 10.6 Å². The molecule has 0 aromatic heterocycles. The molecule has 0 atom stereocenters. The van der Waals surface area contributed by atoms with Crippen LogP contribution in [-0.2, 0) is 4.79 Å². The van der Waals surface area contributed by atoms with Crippen LogP contribution in [0.3, 0.4) is 0 Å². The molecule has 1 fully saturated rings. The quantitative estimate of drug-likeness (QED) is 0.653. The van der Waals surface area contributed by atoms with E-state index in [4.69, 9.17) is 0 Å². The van der Waals surface area contributed by atoms with E-state index in [1.807, 2.05) is 43.0 Å². The van der Waals surface area contributed by atoms with Gasteiger partial charge in [-0.2, -0.15) is 5.26 Å². The van der Waals surface area contributed by atoms with E-state index in [0.717, 1.165) is 43.0 Å². The van der Waals surface area contributed by atoms with Gasteiger partial charge in [-0.15, -0.1) is 0 Å². The molecular weight excluding hydrogens is 264 g/mol. The highest BCUT2D eigenvalue weighted by atomic mass is 16.1. The van der Waals surface area contributed by atoms with E-state index < -0.39 is 0 Å². The molecule has 1 aromatic carbocycles. The number of piperazine rings is 1. The Morgan fingerprint density at radius 2 is 2.10 bits per heavy atom. The van der Waals surface area contributed by atoms with Crippen LogP contribution >= 0.6 is 0 Å². The van der Waals surface area contributed by atoms with Crippen molar-refractivity contribution in [3.63, 3.8) is 0 Å². The zero-order valence-corrected chi connectivity index (χ0v) is 12.4. The molecule has 1 saturated heterocycles. The largest absolute Gasteiger partial charge is 0.374 e. The van der Waals surface area contributed by atoms with Crippen molar-refractivity contribution in [1.82, 2.24) is 10.2 Å². The van der Waals surface area contributed by atoms with Crippen LogP contribution in [0, 0.1) is 25.2 Å². The van der Waals surface area contributed by atoms with Crippen molar-refractivity contribution in [2.24, 2.45) is 0 Å². The Morgan fingerprint density at radius 3 is 2.71 bits per heavy atom. The first-order valence-corrected chi connectivity index (χ1v) is 7.05. The lowest BCUT2D eigenvalue weighted by Gasteiger charge is -2.26. The predicted molar refractivity (Wildman–Crippen MR) is 82.7 cm³/mol. The number of aryl methyl sites for hydroxylation is 2. The highest BCUT2D eigenvalue weighted by molar-refractivity contribution is 6.06. The SMILES string of the molecule is Cc1ccc(NC(=O)/C(C#N)=C\N2CCNCC2)c(C)c1. The number of carbonyl (C=O) groups excluding carboxylic acids is 1. The van der Waals surface area contributed by atoms with Crippen molar-refractivity contribution in [3.05, 3.63) is 41.1 Å². The maximum absolute atomic E-state index is 12.2. The summed E-state index contributed by atoms with van der Waals surface area (Å²) < 4.78 is 0. The molecule has 0 saturated carbocycles. The summed E-state index contributed by atoms with van der Waals surface area (Å²) in [7, 11) is 0. The molecule has 2 N–H and O–H groups in total. The van der Waals surface area contributed by atoms with Gasteiger partial charge in [-0.1, -0.05) is 17.7 Å². The summed E-state index contributed by atoms with van der Waals surface area (Å²) in [4.78, 5) is 14.2. The lowest BCUT2D eigenvalue weighted by molar-refractivity contribution is -0.112. The highest BCUT2D eigenvalue weighted by Crippen LogP contribution is 2.17. The van der Waals surface area contributed by atoms with Crippen LogP contribution in [0.5, 0.6) is 0 Å². The van der Waals surface area contributed by atoms with E-state index in [9.17, 15) is 10.1 Å². The standard InChI is InChI=1S/C16H20N4O/c1-12-3-4-15(13(2)9-12)19-16(21)14(10-17)11-20-7-5-18-6-8-20/h3-4,9,11,18H,5-8H2,1-2H3,(H,19,21)/b14-11-. The number of nitrogens with one attached hydrogen (secondary N) is 2. The van der Waals surface area contributed by atoms with E-state index in [-0.39, 0.29) is 11.5 Å². The zero-order chi connectivity index (χ0) is 15.2. The molecule has 0 radical (unpaired) electrons.